The van der Waals surface area contributed by atoms with Gasteiger partial charge in [0.05, 0.1) is 0 Å². The van der Waals surface area contributed by atoms with Crippen molar-refractivity contribution in [2.24, 2.45) is 5.73 Å². The van der Waals surface area contributed by atoms with E-state index in [2.05, 4.69) is 26.0 Å². The van der Waals surface area contributed by atoms with E-state index in [4.69, 9.17) is 5.73 Å². The summed E-state index contributed by atoms with van der Waals surface area (Å²) in [5.74, 6) is 0. The maximum atomic E-state index is 6.08. The van der Waals surface area contributed by atoms with Gasteiger partial charge in [-0.2, -0.15) is 0 Å². The third-order valence-electron chi connectivity index (χ3n) is 3.75. The molecule has 0 aromatic rings. The Kier molecular flexibility index (Phi) is 15.5. The molecule has 114 valence electrons. The highest BCUT2D eigenvalue weighted by Crippen LogP contribution is 2.09. The van der Waals surface area contributed by atoms with Crippen molar-refractivity contribution in [2.75, 3.05) is 0 Å². The number of nitrogens with two attached hydrogens (primary N) is 1. The van der Waals surface area contributed by atoms with Gasteiger partial charge in [0.2, 0.25) is 0 Å². The van der Waals surface area contributed by atoms with Gasteiger partial charge < -0.3 is 5.73 Å². The first-order chi connectivity index (χ1) is 9.31. The summed E-state index contributed by atoms with van der Waals surface area (Å²) in [5, 5.41) is 0. The summed E-state index contributed by atoms with van der Waals surface area (Å²) in [6.07, 6.45) is 21.9. The highest BCUT2D eigenvalue weighted by molar-refractivity contribution is 4.91. The molecule has 0 amide bonds. The lowest BCUT2D eigenvalue weighted by molar-refractivity contribution is 0.581. The molecule has 0 rings (SSSR count). The number of hydrogen-bond donors (Lipinski definition) is 1. The van der Waals surface area contributed by atoms with Crippen LogP contribution >= 0.6 is 0 Å². The Hall–Kier alpha value is -0.300. The van der Waals surface area contributed by atoms with Gasteiger partial charge in [-0.05, 0) is 19.3 Å². The second kappa shape index (κ2) is 15.8. The summed E-state index contributed by atoms with van der Waals surface area (Å²) in [7, 11) is 0. The zero-order valence-electron chi connectivity index (χ0n) is 13.5. The third kappa shape index (κ3) is 15.6. The fourth-order valence-electron chi connectivity index (χ4n) is 2.39. The minimum atomic E-state index is 0.293. The van der Waals surface area contributed by atoms with Crippen molar-refractivity contribution in [3.05, 3.63) is 12.2 Å². The standard InChI is InChI=1S/C18H37N/c1-3-5-7-9-10-11-13-15-17-18(19)16-14-12-8-6-4-2/h15,17-18H,3-14,16,19H2,1-2H3/b17-15-. The van der Waals surface area contributed by atoms with Crippen molar-refractivity contribution < 1.29 is 0 Å². The average molecular weight is 268 g/mol. The van der Waals surface area contributed by atoms with Crippen LogP contribution in [0.5, 0.6) is 0 Å². The van der Waals surface area contributed by atoms with Gasteiger partial charge in [0, 0.05) is 6.04 Å². The molecule has 0 spiro atoms. The zero-order valence-corrected chi connectivity index (χ0v) is 13.5. The molecule has 0 aromatic carbocycles. The van der Waals surface area contributed by atoms with Gasteiger partial charge >= 0.3 is 0 Å². The largest absolute Gasteiger partial charge is 0.324 e. The van der Waals surface area contributed by atoms with E-state index in [9.17, 15) is 0 Å². The fourth-order valence-corrected chi connectivity index (χ4v) is 2.39. The van der Waals surface area contributed by atoms with E-state index in [0.717, 1.165) is 6.42 Å². The molecule has 0 radical (unpaired) electrons. The second-order valence-corrected chi connectivity index (χ2v) is 5.85. The maximum absolute atomic E-state index is 6.08. The van der Waals surface area contributed by atoms with Gasteiger partial charge in [-0.3, -0.25) is 0 Å². The van der Waals surface area contributed by atoms with Crippen LogP contribution in [-0.2, 0) is 0 Å². The van der Waals surface area contributed by atoms with Crippen molar-refractivity contribution in [3.8, 4) is 0 Å². The molecule has 0 heterocycles. The normalized spacial score (nSPS) is 13.2. The smallest absolute Gasteiger partial charge is 0.0223 e. The summed E-state index contributed by atoms with van der Waals surface area (Å²) in [6, 6.07) is 0.293. The highest BCUT2D eigenvalue weighted by Gasteiger charge is 1.97. The number of rotatable bonds is 14. The van der Waals surface area contributed by atoms with Crippen molar-refractivity contribution in [1.29, 1.82) is 0 Å². The topological polar surface area (TPSA) is 26.0 Å². The monoisotopic (exact) mass is 267 g/mol. The summed E-state index contributed by atoms with van der Waals surface area (Å²) in [4.78, 5) is 0. The first kappa shape index (κ1) is 18.7. The highest BCUT2D eigenvalue weighted by atomic mass is 14.6. The predicted molar refractivity (Wildman–Crippen MR) is 88.5 cm³/mol. The molecule has 0 fully saturated rings. The molecular formula is C18H37N. The lowest BCUT2D eigenvalue weighted by Crippen LogP contribution is -2.16. The van der Waals surface area contributed by atoms with Crippen molar-refractivity contribution >= 4 is 0 Å². The van der Waals surface area contributed by atoms with Crippen molar-refractivity contribution in [1.82, 2.24) is 0 Å². The number of hydrogen-bond acceptors (Lipinski definition) is 1. The Morgan fingerprint density at radius 3 is 1.89 bits per heavy atom. The molecule has 0 bridgehead atoms. The minimum Gasteiger partial charge on any atom is -0.324 e. The van der Waals surface area contributed by atoms with Gasteiger partial charge in [-0.25, -0.2) is 0 Å². The van der Waals surface area contributed by atoms with Gasteiger partial charge in [-0.1, -0.05) is 90.2 Å². The van der Waals surface area contributed by atoms with Crippen LogP contribution in [0.1, 0.15) is 97.3 Å². The molecule has 2 N–H and O–H groups in total. The van der Waals surface area contributed by atoms with E-state index in [1.807, 2.05) is 0 Å². The Balaban J connectivity index is 3.24. The number of allylic oxidation sites excluding steroid dienone is 1. The van der Waals surface area contributed by atoms with Crippen molar-refractivity contribution in [3.63, 3.8) is 0 Å². The van der Waals surface area contributed by atoms with Crippen molar-refractivity contribution in [2.45, 2.75) is 103 Å². The van der Waals surface area contributed by atoms with Crippen LogP contribution < -0.4 is 5.73 Å². The summed E-state index contributed by atoms with van der Waals surface area (Å²) in [6.45, 7) is 4.53. The molecule has 1 nitrogen and oxygen atoms in total. The first-order valence-electron chi connectivity index (χ1n) is 8.73. The SMILES string of the molecule is CCCCCCCC/C=C\C(N)CCCCCCC. The Labute approximate surface area is 122 Å². The third-order valence-corrected chi connectivity index (χ3v) is 3.75. The molecule has 1 atom stereocenters. The molecule has 0 aliphatic heterocycles. The summed E-state index contributed by atoms with van der Waals surface area (Å²) >= 11 is 0. The average Bonchev–Trinajstić information content (AvgIpc) is 2.41. The van der Waals surface area contributed by atoms with Crippen LogP contribution in [0.15, 0.2) is 12.2 Å². The first-order valence-corrected chi connectivity index (χ1v) is 8.73. The second-order valence-electron chi connectivity index (χ2n) is 5.85. The van der Waals surface area contributed by atoms with E-state index < -0.39 is 0 Å². The minimum absolute atomic E-state index is 0.293. The molecule has 0 saturated heterocycles. The van der Waals surface area contributed by atoms with Crippen LogP contribution in [0.2, 0.25) is 0 Å². The summed E-state index contributed by atoms with van der Waals surface area (Å²) in [5.41, 5.74) is 6.08. The van der Waals surface area contributed by atoms with Crippen LogP contribution in [0.3, 0.4) is 0 Å². The van der Waals surface area contributed by atoms with E-state index in [1.165, 1.54) is 77.0 Å². The molecule has 0 aromatic heterocycles. The van der Waals surface area contributed by atoms with Crippen LogP contribution in [-0.4, -0.2) is 6.04 Å². The molecule has 0 saturated carbocycles. The van der Waals surface area contributed by atoms with E-state index in [0.29, 0.717) is 6.04 Å². The quantitative estimate of drug-likeness (QED) is 0.304. The molecule has 0 aliphatic rings. The molecule has 0 aliphatic carbocycles. The van der Waals surface area contributed by atoms with Gasteiger partial charge in [-0.15, -0.1) is 0 Å². The lowest BCUT2D eigenvalue weighted by Gasteiger charge is -2.06. The number of unbranched alkanes of at least 4 members (excludes halogenated alkanes) is 10. The van der Waals surface area contributed by atoms with Gasteiger partial charge in [0.1, 0.15) is 0 Å². The molecular weight excluding hydrogens is 230 g/mol. The molecule has 1 heteroatoms. The zero-order chi connectivity index (χ0) is 14.2. The van der Waals surface area contributed by atoms with E-state index in [-0.39, 0.29) is 0 Å². The Morgan fingerprint density at radius 1 is 0.737 bits per heavy atom. The summed E-state index contributed by atoms with van der Waals surface area (Å²) < 4.78 is 0. The fraction of sp³-hybridized carbons (Fsp3) is 0.889. The Bertz CT molecular complexity index is 186. The van der Waals surface area contributed by atoms with E-state index in [1.54, 1.807) is 0 Å². The van der Waals surface area contributed by atoms with E-state index >= 15 is 0 Å². The van der Waals surface area contributed by atoms with Crippen LogP contribution in [0, 0.1) is 0 Å². The molecule has 19 heavy (non-hydrogen) atoms. The van der Waals surface area contributed by atoms with Crippen LogP contribution in [0.4, 0.5) is 0 Å². The van der Waals surface area contributed by atoms with Gasteiger partial charge in [0.25, 0.3) is 0 Å². The van der Waals surface area contributed by atoms with Gasteiger partial charge in [0.15, 0.2) is 0 Å². The maximum Gasteiger partial charge on any atom is 0.0223 e. The lowest BCUT2D eigenvalue weighted by atomic mass is 10.1. The Morgan fingerprint density at radius 2 is 1.26 bits per heavy atom. The predicted octanol–water partition coefficient (Wildman–Crippen LogP) is 5.98. The van der Waals surface area contributed by atoms with Crippen LogP contribution in [0.25, 0.3) is 0 Å². The molecule has 1 unspecified atom stereocenters.